The standard InChI is InChI=1S/C71H80N2O16/c1-5-65(74)84-43-21-13-9-17-39-80-58-32-26-52(27-33-58)70(78)88-64-49-56(51-72-73-57-31-25-55-48-60(36-30-54(55)47-57)82-41-19-11-15-23-45-86-67(76)7-3)69(63-50-61(37-38-62(63)64)83-42-20-12-16-24-46-87-68(77)8-4)89-71(79)53-28-34-59(35-29-53)81-40-18-10-14-22-44-85-66(75)6-2/h5-8,25-38,47-51,73H,1-4,9-24,39-46H2/b72-51+. The van der Waals surface area contributed by atoms with Crippen LogP contribution in [0.25, 0.3) is 21.5 Å². The highest BCUT2D eigenvalue weighted by molar-refractivity contribution is 6.06. The molecule has 89 heavy (non-hydrogen) atoms. The van der Waals surface area contributed by atoms with Gasteiger partial charge >= 0.3 is 35.8 Å². The van der Waals surface area contributed by atoms with Gasteiger partial charge in [0.25, 0.3) is 0 Å². The Morgan fingerprint density at radius 3 is 1.19 bits per heavy atom. The Hall–Kier alpha value is -9.71. The molecule has 0 saturated carbocycles. The number of unbranched alkanes of at least 4 members (excludes halogenated alkanes) is 12. The van der Waals surface area contributed by atoms with Crippen molar-refractivity contribution in [3.63, 3.8) is 0 Å². The number of hydrogen-bond acceptors (Lipinski definition) is 18. The molecule has 0 unspecified atom stereocenters. The zero-order valence-corrected chi connectivity index (χ0v) is 50.6. The summed E-state index contributed by atoms with van der Waals surface area (Å²) in [7, 11) is 0. The van der Waals surface area contributed by atoms with Crippen molar-refractivity contribution in [1.29, 1.82) is 0 Å². The van der Waals surface area contributed by atoms with Crippen LogP contribution in [0.5, 0.6) is 34.5 Å². The molecule has 0 radical (unpaired) electrons. The summed E-state index contributed by atoms with van der Waals surface area (Å²) < 4.78 is 57.0. The van der Waals surface area contributed by atoms with Crippen molar-refractivity contribution in [3.05, 3.63) is 177 Å². The number of carbonyl (C=O) groups excluding carboxylic acids is 6. The fourth-order valence-corrected chi connectivity index (χ4v) is 8.91. The Morgan fingerprint density at radius 1 is 0.371 bits per heavy atom. The van der Waals surface area contributed by atoms with E-state index in [1.54, 1.807) is 72.8 Å². The van der Waals surface area contributed by atoms with Crippen molar-refractivity contribution < 1.29 is 76.1 Å². The van der Waals surface area contributed by atoms with E-state index < -0.39 is 35.8 Å². The normalized spacial score (nSPS) is 10.8. The summed E-state index contributed by atoms with van der Waals surface area (Å²) in [6.07, 6.45) is 19.1. The van der Waals surface area contributed by atoms with Gasteiger partial charge in [0.1, 0.15) is 34.5 Å². The molecule has 0 aliphatic rings. The van der Waals surface area contributed by atoms with Crippen LogP contribution in [0.2, 0.25) is 0 Å². The summed E-state index contributed by atoms with van der Waals surface area (Å²) >= 11 is 0. The number of benzene rings is 6. The summed E-state index contributed by atoms with van der Waals surface area (Å²) in [5, 5.41) is 7.34. The second-order valence-corrected chi connectivity index (χ2v) is 20.5. The van der Waals surface area contributed by atoms with Crippen molar-refractivity contribution >= 4 is 69.3 Å². The number of ether oxygens (including phenoxy) is 10. The zero-order valence-electron chi connectivity index (χ0n) is 50.6. The highest BCUT2D eigenvalue weighted by Gasteiger charge is 2.22. The second-order valence-electron chi connectivity index (χ2n) is 20.5. The maximum absolute atomic E-state index is 14.3. The van der Waals surface area contributed by atoms with Gasteiger partial charge in [-0.25, -0.2) is 28.8 Å². The van der Waals surface area contributed by atoms with Crippen LogP contribution in [0.15, 0.2) is 165 Å². The van der Waals surface area contributed by atoms with Gasteiger partial charge in [0, 0.05) is 40.6 Å². The van der Waals surface area contributed by atoms with Crippen molar-refractivity contribution in [2.45, 2.75) is 103 Å². The molecule has 6 rings (SSSR count). The predicted molar refractivity (Wildman–Crippen MR) is 342 cm³/mol. The topological polar surface area (TPSA) is 219 Å². The number of hydrogen-bond donors (Lipinski definition) is 1. The number of nitrogens with zero attached hydrogens (tertiary/aromatic N) is 1. The Kier molecular flexibility index (Phi) is 30.1. The van der Waals surface area contributed by atoms with Gasteiger partial charge in [0.15, 0.2) is 0 Å². The predicted octanol–water partition coefficient (Wildman–Crippen LogP) is 14.6. The van der Waals surface area contributed by atoms with E-state index in [0.717, 1.165) is 131 Å². The molecular weight excluding hydrogens is 1140 g/mol. The Bertz CT molecular complexity index is 3340. The van der Waals surface area contributed by atoms with Crippen molar-refractivity contribution in [1.82, 2.24) is 0 Å². The van der Waals surface area contributed by atoms with Crippen molar-refractivity contribution in [3.8, 4) is 34.5 Å². The van der Waals surface area contributed by atoms with Gasteiger partial charge in [-0.2, -0.15) is 5.10 Å². The van der Waals surface area contributed by atoms with E-state index >= 15 is 0 Å². The summed E-state index contributed by atoms with van der Waals surface area (Å²) in [5.74, 6) is -0.456. The lowest BCUT2D eigenvalue weighted by molar-refractivity contribution is -0.138. The molecule has 470 valence electrons. The van der Waals surface area contributed by atoms with Gasteiger partial charge in [-0.05, 0) is 211 Å². The second kappa shape index (κ2) is 39.2. The zero-order chi connectivity index (χ0) is 63.3. The smallest absolute Gasteiger partial charge is 0.343 e. The first-order chi connectivity index (χ1) is 43.5. The highest BCUT2D eigenvalue weighted by atomic mass is 16.6. The van der Waals surface area contributed by atoms with Gasteiger partial charge in [0.05, 0.1) is 75.9 Å². The number of rotatable bonds is 43. The molecular formula is C71H80N2O16. The molecule has 0 heterocycles. The molecule has 0 aliphatic carbocycles. The van der Waals surface area contributed by atoms with Crippen LogP contribution < -0.4 is 33.8 Å². The van der Waals surface area contributed by atoms with E-state index in [-0.39, 0.29) is 28.2 Å². The number of hydrazone groups is 1. The van der Waals surface area contributed by atoms with Crippen LogP contribution in [0.1, 0.15) is 129 Å². The van der Waals surface area contributed by atoms with E-state index in [0.29, 0.717) is 99.4 Å². The van der Waals surface area contributed by atoms with Crippen LogP contribution in [0, 0.1) is 0 Å². The van der Waals surface area contributed by atoms with Gasteiger partial charge in [-0.3, -0.25) is 5.43 Å². The van der Waals surface area contributed by atoms with Crippen LogP contribution in [-0.4, -0.2) is 94.9 Å². The van der Waals surface area contributed by atoms with Crippen LogP contribution in [0.3, 0.4) is 0 Å². The van der Waals surface area contributed by atoms with Crippen LogP contribution in [0.4, 0.5) is 5.69 Å². The Labute approximate surface area is 520 Å². The maximum atomic E-state index is 14.3. The molecule has 0 bridgehead atoms. The lowest BCUT2D eigenvalue weighted by Crippen LogP contribution is -2.12. The molecule has 0 fully saturated rings. The number of anilines is 1. The average molecular weight is 1220 g/mol. The first-order valence-electron chi connectivity index (χ1n) is 30.2. The number of carbonyl (C=O) groups is 6. The van der Waals surface area contributed by atoms with Gasteiger partial charge in [-0.1, -0.05) is 38.4 Å². The molecule has 0 aromatic heterocycles. The van der Waals surface area contributed by atoms with E-state index in [2.05, 4.69) is 36.8 Å². The largest absolute Gasteiger partial charge is 0.494 e. The molecule has 0 aliphatic heterocycles. The lowest BCUT2D eigenvalue weighted by Gasteiger charge is -2.16. The molecule has 0 atom stereocenters. The molecule has 0 amide bonds. The first kappa shape index (κ1) is 68.4. The quantitative estimate of drug-likeness (QED) is 0.00715. The fraction of sp³-hybridized carbons (Fsp3) is 0.338. The fourth-order valence-electron chi connectivity index (χ4n) is 8.91. The summed E-state index contributed by atoms with van der Waals surface area (Å²) in [6, 6.07) is 31.7. The summed E-state index contributed by atoms with van der Waals surface area (Å²) in [4.78, 5) is 73.7. The number of nitrogens with one attached hydrogen (secondary N) is 1. The molecule has 6 aromatic rings. The number of fused-ring (bicyclic) bond motifs is 2. The first-order valence-corrected chi connectivity index (χ1v) is 30.2. The van der Waals surface area contributed by atoms with Gasteiger partial charge in [-0.15, -0.1) is 0 Å². The lowest BCUT2D eigenvalue weighted by atomic mass is 10.0. The van der Waals surface area contributed by atoms with E-state index in [1.165, 1.54) is 6.21 Å². The SMILES string of the molecule is C=CC(=O)OCCCCCCOc1ccc(C(=O)Oc2cc(/C=N/Nc3ccc4cc(OCCCCCCOC(=O)C=C)ccc4c3)c(OC(=O)c3ccc(OCCCCCCOC(=O)C=C)cc3)c3cc(OCCCCCCOC(=O)C=C)ccc23)cc1. The van der Waals surface area contributed by atoms with Gasteiger partial charge < -0.3 is 47.4 Å². The minimum absolute atomic E-state index is 0.118. The highest BCUT2D eigenvalue weighted by Crippen LogP contribution is 2.40. The minimum Gasteiger partial charge on any atom is -0.494 e. The third-order valence-corrected chi connectivity index (χ3v) is 13.7. The van der Waals surface area contributed by atoms with Crippen molar-refractivity contribution in [2.24, 2.45) is 5.10 Å². The van der Waals surface area contributed by atoms with E-state index in [1.807, 2.05) is 36.4 Å². The van der Waals surface area contributed by atoms with Gasteiger partial charge in [0.2, 0.25) is 0 Å². The molecule has 0 spiro atoms. The Balaban J connectivity index is 1.22. The summed E-state index contributed by atoms with van der Waals surface area (Å²) in [5.41, 5.74) is 4.56. The monoisotopic (exact) mass is 1220 g/mol. The molecule has 6 aromatic carbocycles. The van der Waals surface area contributed by atoms with Crippen LogP contribution >= 0.6 is 0 Å². The third kappa shape index (κ3) is 24.9. The Morgan fingerprint density at radius 2 is 0.742 bits per heavy atom. The van der Waals surface area contributed by atoms with E-state index in [4.69, 9.17) is 47.4 Å². The van der Waals surface area contributed by atoms with E-state index in [9.17, 15) is 28.8 Å². The summed E-state index contributed by atoms with van der Waals surface area (Å²) in [6.45, 7) is 16.8. The average Bonchev–Trinajstić information content (AvgIpc) is 1.17. The third-order valence-electron chi connectivity index (χ3n) is 13.7. The molecule has 18 heteroatoms. The minimum atomic E-state index is -0.678. The molecule has 1 N–H and O–H groups in total. The maximum Gasteiger partial charge on any atom is 0.343 e. The molecule has 0 saturated heterocycles. The van der Waals surface area contributed by atoms with Crippen molar-refractivity contribution in [2.75, 3.05) is 58.3 Å². The van der Waals surface area contributed by atoms with Crippen LogP contribution in [-0.2, 0) is 38.1 Å². The molecule has 18 nitrogen and oxygen atoms in total. The number of esters is 6.